The van der Waals surface area contributed by atoms with E-state index in [2.05, 4.69) is 15.6 Å². The first-order valence-electron chi connectivity index (χ1n) is 9.87. The molecule has 0 saturated heterocycles. The van der Waals surface area contributed by atoms with Crippen LogP contribution in [0.15, 0.2) is 59.6 Å². The molecule has 6 nitrogen and oxygen atoms in total. The third-order valence-corrected chi connectivity index (χ3v) is 5.26. The van der Waals surface area contributed by atoms with E-state index in [0.29, 0.717) is 37.2 Å². The summed E-state index contributed by atoms with van der Waals surface area (Å²) in [6, 6.07) is 17.6. The van der Waals surface area contributed by atoms with Crippen LogP contribution >= 0.6 is 24.0 Å². The van der Waals surface area contributed by atoms with E-state index in [1.165, 1.54) is 0 Å². The summed E-state index contributed by atoms with van der Waals surface area (Å²) in [6.07, 6.45) is 0.846. The van der Waals surface area contributed by atoms with E-state index in [-0.39, 0.29) is 24.0 Å². The minimum atomic E-state index is -0.940. The summed E-state index contributed by atoms with van der Waals surface area (Å²) in [4.78, 5) is 4.55. The molecule has 0 bridgehead atoms. The van der Waals surface area contributed by atoms with Gasteiger partial charge in [0.25, 0.3) is 0 Å². The average molecular weight is 545 g/mol. The molecule has 0 aromatic heterocycles. The maximum absolute atomic E-state index is 12.3. The average Bonchev–Trinajstić information content (AvgIpc) is 2.72. The van der Waals surface area contributed by atoms with Gasteiger partial charge in [0, 0.05) is 60.7 Å². The molecule has 0 heterocycles. The van der Waals surface area contributed by atoms with Crippen LogP contribution in [0.3, 0.4) is 0 Å². The van der Waals surface area contributed by atoms with E-state index in [4.69, 9.17) is 9.47 Å². The molecule has 2 N–H and O–H groups in total. The normalized spacial score (nSPS) is 12.0. The molecule has 0 aliphatic heterocycles. The molecule has 0 saturated carbocycles. The lowest BCUT2D eigenvalue weighted by Gasteiger charge is -2.13. The van der Waals surface area contributed by atoms with Crippen molar-refractivity contribution in [1.82, 2.24) is 5.32 Å². The molecule has 0 amide bonds. The van der Waals surface area contributed by atoms with Crippen LogP contribution in [0.2, 0.25) is 0 Å². The van der Waals surface area contributed by atoms with Gasteiger partial charge in [0.05, 0.1) is 13.2 Å². The largest absolute Gasteiger partial charge is 0.493 e. The number of methoxy groups -OCH3 is 1. The molecule has 0 fully saturated rings. The first-order valence-corrected chi connectivity index (χ1v) is 11.4. The van der Waals surface area contributed by atoms with Gasteiger partial charge in [-0.25, -0.2) is 0 Å². The van der Waals surface area contributed by atoms with Crippen molar-refractivity contribution in [2.45, 2.75) is 19.1 Å². The highest BCUT2D eigenvalue weighted by Crippen LogP contribution is 2.17. The van der Waals surface area contributed by atoms with Gasteiger partial charge in [-0.2, -0.15) is 0 Å². The van der Waals surface area contributed by atoms with Gasteiger partial charge in [0.1, 0.15) is 5.75 Å². The Balaban J connectivity index is 0.00000450. The van der Waals surface area contributed by atoms with E-state index < -0.39 is 10.8 Å². The zero-order chi connectivity index (χ0) is 20.7. The van der Waals surface area contributed by atoms with Gasteiger partial charge in [-0.1, -0.05) is 36.4 Å². The van der Waals surface area contributed by atoms with Crippen LogP contribution in [-0.4, -0.2) is 49.3 Å². The number of rotatable bonds is 12. The molecule has 0 aliphatic rings. The monoisotopic (exact) mass is 545 g/mol. The number of halogens is 1. The lowest BCUT2D eigenvalue weighted by atomic mass is 10.2. The molecule has 1 unspecified atom stereocenters. The molecule has 8 heteroatoms. The van der Waals surface area contributed by atoms with Crippen molar-refractivity contribution in [3.8, 4) is 5.75 Å². The van der Waals surface area contributed by atoms with Gasteiger partial charge < -0.3 is 20.1 Å². The number of guanidine groups is 1. The Morgan fingerprint density at radius 1 is 1.10 bits per heavy atom. The zero-order valence-corrected chi connectivity index (χ0v) is 20.8. The molecule has 0 radical (unpaired) electrons. The van der Waals surface area contributed by atoms with E-state index in [1.54, 1.807) is 7.11 Å². The van der Waals surface area contributed by atoms with Gasteiger partial charge in [-0.15, -0.1) is 24.0 Å². The summed E-state index contributed by atoms with van der Waals surface area (Å²) in [7, 11) is 0.744. The maximum Gasteiger partial charge on any atom is 0.195 e. The topological polar surface area (TPSA) is 72.0 Å². The zero-order valence-electron chi connectivity index (χ0n) is 17.6. The van der Waals surface area contributed by atoms with Crippen LogP contribution in [0.25, 0.3) is 0 Å². The minimum Gasteiger partial charge on any atom is -0.493 e. The second-order valence-electron chi connectivity index (χ2n) is 6.38. The standard InChI is InChI=1S/C22H31N3O3S.HI/c1-3-23-22(24-13-16-29(26)18-19-9-5-4-6-10-19)25-20-11-7-12-21(17-20)28-15-8-14-27-2;/h4-7,9-12,17H,3,8,13-16,18H2,1-2H3,(H2,23,24,25);1H. The second kappa shape index (κ2) is 16.1. The highest BCUT2D eigenvalue weighted by molar-refractivity contribution is 14.0. The molecule has 1 atom stereocenters. The number of nitrogens with one attached hydrogen (secondary N) is 2. The van der Waals surface area contributed by atoms with Crippen LogP contribution in [0, 0.1) is 0 Å². The van der Waals surface area contributed by atoms with E-state index in [0.717, 1.165) is 30.0 Å². The molecule has 2 aromatic rings. The van der Waals surface area contributed by atoms with Gasteiger partial charge in [0.2, 0.25) is 0 Å². The van der Waals surface area contributed by atoms with Gasteiger partial charge in [-0.3, -0.25) is 9.20 Å². The summed E-state index contributed by atoms with van der Waals surface area (Å²) in [5.74, 6) is 2.54. The first kappa shape index (κ1) is 26.4. The van der Waals surface area contributed by atoms with Crippen molar-refractivity contribution in [1.29, 1.82) is 0 Å². The van der Waals surface area contributed by atoms with Gasteiger partial charge in [-0.05, 0) is 24.6 Å². The van der Waals surface area contributed by atoms with Crippen molar-refractivity contribution >= 4 is 46.4 Å². The Kier molecular flexibility index (Phi) is 14.2. The molecule has 2 aromatic carbocycles. The lowest BCUT2D eigenvalue weighted by Crippen LogP contribution is -2.31. The quantitative estimate of drug-likeness (QED) is 0.182. The van der Waals surface area contributed by atoms with Crippen molar-refractivity contribution in [3.63, 3.8) is 0 Å². The molecular formula is C22H32IN3O3S. The molecule has 30 heavy (non-hydrogen) atoms. The van der Waals surface area contributed by atoms with E-state index in [1.807, 2.05) is 61.5 Å². The number of hydrogen-bond acceptors (Lipinski definition) is 4. The van der Waals surface area contributed by atoms with Crippen LogP contribution in [0.5, 0.6) is 5.75 Å². The number of anilines is 1. The Labute approximate surface area is 199 Å². The van der Waals surface area contributed by atoms with Crippen molar-refractivity contribution < 1.29 is 13.7 Å². The Morgan fingerprint density at radius 3 is 2.63 bits per heavy atom. The Morgan fingerprint density at radius 2 is 1.90 bits per heavy atom. The third kappa shape index (κ3) is 10.9. The van der Waals surface area contributed by atoms with Gasteiger partial charge >= 0.3 is 0 Å². The first-order chi connectivity index (χ1) is 14.2. The Hall–Kier alpha value is -1.65. The SMILES string of the molecule is CCNC(=NCCS(=O)Cc1ccccc1)Nc1cccc(OCCCOC)c1.I. The number of benzene rings is 2. The molecule has 0 aliphatic carbocycles. The molecular weight excluding hydrogens is 513 g/mol. The number of nitrogens with zero attached hydrogens (tertiary/aromatic N) is 1. The summed E-state index contributed by atoms with van der Waals surface area (Å²) in [6.45, 7) is 4.54. The summed E-state index contributed by atoms with van der Waals surface area (Å²) < 4.78 is 23.0. The van der Waals surface area contributed by atoms with Crippen LogP contribution < -0.4 is 15.4 Å². The smallest absolute Gasteiger partial charge is 0.195 e. The van der Waals surface area contributed by atoms with Crippen LogP contribution in [-0.2, 0) is 21.3 Å². The molecule has 166 valence electrons. The third-order valence-electron chi connectivity index (χ3n) is 3.96. The van der Waals surface area contributed by atoms with E-state index in [9.17, 15) is 4.21 Å². The van der Waals surface area contributed by atoms with Crippen molar-refractivity contribution in [2.24, 2.45) is 4.99 Å². The number of aliphatic imine (C=N–C) groups is 1. The molecule has 2 rings (SSSR count). The minimum absolute atomic E-state index is 0. The van der Waals surface area contributed by atoms with E-state index >= 15 is 0 Å². The fraction of sp³-hybridized carbons (Fsp3) is 0.409. The number of hydrogen-bond donors (Lipinski definition) is 2. The van der Waals surface area contributed by atoms with Gasteiger partial charge in [0.15, 0.2) is 5.96 Å². The predicted molar refractivity (Wildman–Crippen MR) is 137 cm³/mol. The summed E-state index contributed by atoms with van der Waals surface area (Å²) >= 11 is 0. The molecule has 0 spiro atoms. The number of ether oxygens (including phenoxy) is 2. The van der Waals surface area contributed by atoms with Crippen molar-refractivity contribution in [3.05, 3.63) is 60.2 Å². The predicted octanol–water partition coefficient (Wildman–Crippen LogP) is 4.05. The summed E-state index contributed by atoms with van der Waals surface area (Å²) in [5, 5.41) is 6.50. The fourth-order valence-corrected chi connectivity index (χ4v) is 3.60. The highest BCUT2D eigenvalue weighted by Gasteiger charge is 2.04. The lowest BCUT2D eigenvalue weighted by molar-refractivity contribution is 0.172. The Bertz CT molecular complexity index is 775. The second-order valence-corrected chi connectivity index (χ2v) is 7.96. The highest BCUT2D eigenvalue weighted by atomic mass is 127. The van der Waals surface area contributed by atoms with Crippen molar-refractivity contribution in [2.75, 3.05) is 44.5 Å². The summed E-state index contributed by atoms with van der Waals surface area (Å²) in [5.41, 5.74) is 1.97. The maximum atomic E-state index is 12.3. The van der Waals surface area contributed by atoms with Crippen LogP contribution in [0.4, 0.5) is 5.69 Å². The van der Waals surface area contributed by atoms with Crippen LogP contribution in [0.1, 0.15) is 18.9 Å². The fourth-order valence-electron chi connectivity index (χ4n) is 2.59.